The quantitative estimate of drug-likeness (QED) is 0.772. The molecule has 0 radical (unpaired) electrons. The zero-order valence-electron chi connectivity index (χ0n) is 15.2. The van der Waals surface area contributed by atoms with Crippen molar-refractivity contribution in [3.63, 3.8) is 0 Å². The van der Waals surface area contributed by atoms with E-state index in [4.69, 9.17) is 17.5 Å². The fraction of sp³-hybridized carbons (Fsp3) is 0.286. The fourth-order valence-electron chi connectivity index (χ4n) is 2.63. The molecule has 0 aliphatic carbocycles. The van der Waals surface area contributed by atoms with Crippen molar-refractivity contribution in [2.24, 2.45) is 5.92 Å². The van der Waals surface area contributed by atoms with Gasteiger partial charge in [0.1, 0.15) is 6.07 Å². The number of hydrogen-bond donors (Lipinski definition) is 2. The van der Waals surface area contributed by atoms with E-state index >= 15 is 0 Å². The maximum absolute atomic E-state index is 12.5. The zero-order chi connectivity index (χ0) is 19.1. The van der Waals surface area contributed by atoms with E-state index in [0.29, 0.717) is 17.2 Å². The molecule has 2 aromatic rings. The summed E-state index contributed by atoms with van der Waals surface area (Å²) in [6.45, 7) is 6.21. The highest BCUT2D eigenvalue weighted by atomic mass is 32.1. The third kappa shape index (κ3) is 5.40. The van der Waals surface area contributed by atoms with Crippen LogP contribution in [0.3, 0.4) is 0 Å². The van der Waals surface area contributed by atoms with E-state index in [-0.39, 0.29) is 16.9 Å². The average molecular weight is 366 g/mol. The summed E-state index contributed by atoms with van der Waals surface area (Å²) in [6.07, 6.45) is 1.02. The Morgan fingerprint density at radius 3 is 2.38 bits per heavy atom. The number of anilines is 1. The predicted octanol–water partition coefficient (Wildman–Crippen LogP) is 4.37. The molecule has 1 unspecified atom stereocenters. The van der Waals surface area contributed by atoms with Gasteiger partial charge in [-0.15, -0.1) is 0 Å². The summed E-state index contributed by atoms with van der Waals surface area (Å²) in [4.78, 5) is 12.5. The van der Waals surface area contributed by atoms with Crippen LogP contribution in [0.4, 0.5) is 5.69 Å². The second kappa shape index (κ2) is 9.12. The molecule has 2 N–H and O–H groups in total. The Bertz CT molecular complexity index is 822. The molecule has 1 amide bonds. The molecule has 26 heavy (non-hydrogen) atoms. The molecular formula is C21H23N3OS. The molecule has 0 saturated carbocycles. The van der Waals surface area contributed by atoms with Crippen molar-refractivity contribution in [2.75, 3.05) is 5.32 Å². The van der Waals surface area contributed by atoms with Gasteiger partial charge in [0, 0.05) is 0 Å². The number of carbonyl (C=O) groups is 1. The summed E-state index contributed by atoms with van der Waals surface area (Å²) in [5.41, 5.74) is 3.25. The number of rotatable bonds is 5. The summed E-state index contributed by atoms with van der Waals surface area (Å²) in [7, 11) is 0. The minimum Gasteiger partial charge on any atom is -0.331 e. The number of nitriles is 1. The minimum atomic E-state index is -0.325. The standard InChI is InChI=1S/C21H23N3OS/c1-14(2)12-16-8-10-17(11-9-16)15(3)20(25)24-21(26)23-19-7-5-4-6-18(19)13-22/h4-11,14-15H,12H2,1-3H3,(H2,23,24,25,26). The van der Waals surface area contributed by atoms with Gasteiger partial charge in [0.15, 0.2) is 5.11 Å². The summed E-state index contributed by atoms with van der Waals surface area (Å²) < 4.78 is 0. The molecule has 5 heteroatoms. The molecular weight excluding hydrogens is 342 g/mol. The normalized spacial score (nSPS) is 11.5. The van der Waals surface area contributed by atoms with Crippen molar-refractivity contribution in [1.29, 1.82) is 5.26 Å². The molecule has 2 aromatic carbocycles. The number of carbonyl (C=O) groups excluding carboxylic acids is 1. The lowest BCUT2D eigenvalue weighted by molar-refractivity contribution is -0.120. The Hall–Kier alpha value is -2.71. The molecule has 0 bridgehead atoms. The highest BCUT2D eigenvalue weighted by molar-refractivity contribution is 7.80. The van der Waals surface area contributed by atoms with Crippen LogP contribution in [0.5, 0.6) is 0 Å². The van der Waals surface area contributed by atoms with Gasteiger partial charge in [0.2, 0.25) is 5.91 Å². The predicted molar refractivity (Wildman–Crippen MR) is 109 cm³/mol. The topological polar surface area (TPSA) is 64.9 Å². The lowest BCUT2D eigenvalue weighted by atomic mass is 9.96. The van der Waals surface area contributed by atoms with E-state index in [1.807, 2.05) is 19.1 Å². The first kappa shape index (κ1) is 19.6. The molecule has 0 aromatic heterocycles. The van der Waals surface area contributed by atoms with Crippen molar-refractivity contribution >= 4 is 28.9 Å². The largest absolute Gasteiger partial charge is 0.331 e. The molecule has 0 heterocycles. The first-order valence-corrected chi connectivity index (χ1v) is 9.01. The Morgan fingerprint density at radius 1 is 1.12 bits per heavy atom. The number of thiocarbonyl (C=S) groups is 1. The van der Waals surface area contributed by atoms with Crippen LogP contribution in [0.15, 0.2) is 48.5 Å². The fourth-order valence-corrected chi connectivity index (χ4v) is 2.84. The summed E-state index contributed by atoms with van der Waals surface area (Å²) >= 11 is 5.20. The number of hydrogen-bond acceptors (Lipinski definition) is 3. The summed E-state index contributed by atoms with van der Waals surface area (Å²) in [5, 5.41) is 14.9. The van der Waals surface area contributed by atoms with E-state index in [2.05, 4.69) is 42.7 Å². The van der Waals surface area contributed by atoms with E-state index in [1.165, 1.54) is 5.56 Å². The number of nitrogens with zero attached hydrogens (tertiary/aromatic N) is 1. The van der Waals surface area contributed by atoms with Crippen molar-refractivity contribution in [2.45, 2.75) is 33.1 Å². The van der Waals surface area contributed by atoms with Crippen LogP contribution in [0.1, 0.15) is 43.4 Å². The number of nitrogens with one attached hydrogen (secondary N) is 2. The molecule has 0 aliphatic heterocycles. The number of amides is 1. The van der Waals surface area contributed by atoms with Gasteiger partial charge in [-0.05, 0) is 54.7 Å². The highest BCUT2D eigenvalue weighted by Crippen LogP contribution is 2.18. The third-order valence-corrected chi connectivity index (χ3v) is 4.25. The third-order valence-electron chi connectivity index (χ3n) is 4.05. The Balaban J connectivity index is 1.98. The smallest absolute Gasteiger partial charge is 0.233 e. The van der Waals surface area contributed by atoms with Crippen molar-refractivity contribution in [3.8, 4) is 6.07 Å². The maximum Gasteiger partial charge on any atom is 0.233 e. The van der Waals surface area contributed by atoms with E-state index in [1.54, 1.807) is 24.3 Å². The van der Waals surface area contributed by atoms with Gasteiger partial charge in [-0.3, -0.25) is 4.79 Å². The van der Waals surface area contributed by atoms with E-state index in [9.17, 15) is 4.79 Å². The van der Waals surface area contributed by atoms with Gasteiger partial charge < -0.3 is 10.6 Å². The van der Waals surface area contributed by atoms with Crippen LogP contribution in [0.2, 0.25) is 0 Å². The average Bonchev–Trinajstić information content (AvgIpc) is 2.61. The second-order valence-corrected chi connectivity index (χ2v) is 7.07. The minimum absolute atomic E-state index is 0.181. The molecule has 0 saturated heterocycles. The van der Waals surface area contributed by atoms with Gasteiger partial charge >= 0.3 is 0 Å². The van der Waals surface area contributed by atoms with Crippen LogP contribution in [0.25, 0.3) is 0 Å². The van der Waals surface area contributed by atoms with Crippen LogP contribution in [0, 0.1) is 17.2 Å². The molecule has 4 nitrogen and oxygen atoms in total. The Kier molecular flexibility index (Phi) is 6.88. The molecule has 0 aliphatic rings. The van der Waals surface area contributed by atoms with Gasteiger partial charge in [0.05, 0.1) is 17.2 Å². The lowest BCUT2D eigenvalue weighted by Crippen LogP contribution is -2.36. The van der Waals surface area contributed by atoms with Crippen molar-refractivity contribution in [3.05, 3.63) is 65.2 Å². The Labute approximate surface area is 160 Å². The first-order valence-electron chi connectivity index (χ1n) is 8.60. The number of para-hydroxylation sites is 1. The maximum atomic E-state index is 12.5. The summed E-state index contributed by atoms with van der Waals surface area (Å²) in [6, 6.07) is 17.2. The van der Waals surface area contributed by atoms with Crippen LogP contribution < -0.4 is 10.6 Å². The van der Waals surface area contributed by atoms with E-state index in [0.717, 1.165) is 12.0 Å². The molecule has 0 fully saturated rings. The van der Waals surface area contributed by atoms with Crippen LogP contribution in [-0.4, -0.2) is 11.0 Å². The van der Waals surface area contributed by atoms with Crippen molar-refractivity contribution in [1.82, 2.24) is 5.32 Å². The van der Waals surface area contributed by atoms with Crippen LogP contribution in [-0.2, 0) is 11.2 Å². The molecule has 0 spiro atoms. The van der Waals surface area contributed by atoms with Gasteiger partial charge in [-0.25, -0.2) is 0 Å². The zero-order valence-corrected chi connectivity index (χ0v) is 16.1. The lowest BCUT2D eigenvalue weighted by Gasteiger charge is -2.15. The van der Waals surface area contributed by atoms with E-state index < -0.39 is 0 Å². The van der Waals surface area contributed by atoms with Gasteiger partial charge in [-0.1, -0.05) is 50.2 Å². The molecule has 1 atom stereocenters. The monoisotopic (exact) mass is 365 g/mol. The summed E-state index contributed by atoms with van der Waals surface area (Å²) in [5.74, 6) is 0.0870. The Morgan fingerprint density at radius 2 is 1.77 bits per heavy atom. The number of benzene rings is 2. The highest BCUT2D eigenvalue weighted by Gasteiger charge is 2.17. The first-order chi connectivity index (χ1) is 12.4. The van der Waals surface area contributed by atoms with Gasteiger partial charge in [0.25, 0.3) is 0 Å². The SMILES string of the molecule is CC(C)Cc1ccc(C(C)C(=O)NC(=S)Nc2ccccc2C#N)cc1. The molecule has 2 rings (SSSR count). The van der Waals surface area contributed by atoms with Crippen LogP contribution >= 0.6 is 12.2 Å². The molecule has 134 valence electrons. The second-order valence-electron chi connectivity index (χ2n) is 6.66. The van der Waals surface area contributed by atoms with Crippen molar-refractivity contribution < 1.29 is 4.79 Å². The van der Waals surface area contributed by atoms with Gasteiger partial charge in [-0.2, -0.15) is 5.26 Å².